The molecule has 21 heavy (non-hydrogen) atoms. The van der Waals surface area contributed by atoms with Crippen molar-refractivity contribution in [2.45, 2.75) is 31.8 Å². The van der Waals surface area contributed by atoms with E-state index in [0.29, 0.717) is 0 Å². The molecule has 1 rings (SSSR count). The van der Waals surface area contributed by atoms with Gasteiger partial charge >= 0.3 is 5.97 Å². The van der Waals surface area contributed by atoms with E-state index >= 15 is 0 Å². The van der Waals surface area contributed by atoms with Crippen LogP contribution in [0.15, 0.2) is 17.0 Å². The van der Waals surface area contributed by atoms with Crippen molar-refractivity contribution in [1.29, 1.82) is 0 Å². The fourth-order valence-corrected chi connectivity index (χ4v) is 3.03. The first-order valence-electron chi connectivity index (χ1n) is 6.16. The van der Waals surface area contributed by atoms with Crippen LogP contribution >= 0.6 is 22.3 Å². The Labute approximate surface area is 133 Å². The lowest BCUT2D eigenvalue weighted by atomic mass is 10.1. The van der Waals surface area contributed by atoms with E-state index in [9.17, 15) is 13.2 Å². The zero-order valence-electron chi connectivity index (χ0n) is 11.9. The van der Waals surface area contributed by atoms with Crippen molar-refractivity contribution in [2.24, 2.45) is 0 Å². The fourth-order valence-electron chi connectivity index (χ4n) is 1.53. The van der Waals surface area contributed by atoms with Gasteiger partial charge in [0, 0.05) is 15.7 Å². The first-order valence-corrected chi connectivity index (χ1v) is 8.85. The number of benzene rings is 1. The molecule has 0 fully saturated rings. The molecular weight excluding hydrogens is 339 g/mol. The second-order valence-corrected chi connectivity index (χ2v) is 7.52. The van der Waals surface area contributed by atoms with Gasteiger partial charge in [-0.3, -0.25) is 0 Å². The van der Waals surface area contributed by atoms with Crippen LogP contribution in [0.1, 0.15) is 29.8 Å². The van der Waals surface area contributed by atoms with Crippen molar-refractivity contribution < 1.29 is 22.7 Å². The molecule has 0 bridgehead atoms. The number of esters is 1. The number of carbonyl (C=O) groups is 1. The smallest absolute Gasteiger partial charge is 0.338 e. The second-order valence-electron chi connectivity index (χ2n) is 4.57. The molecule has 0 aliphatic rings. The zero-order chi connectivity index (χ0) is 16.2. The van der Waals surface area contributed by atoms with Crippen LogP contribution in [0.2, 0.25) is 5.02 Å². The Hall–Kier alpha value is -0.820. The minimum atomic E-state index is -3.99. The molecule has 0 N–H and O–H groups in total. The van der Waals surface area contributed by atoms with Crippen LogP contribution in [-0.4, -0.2) is 33.7 Å². The summed E-state index contributed by atoms with van der Waals surface area (Å²) in [5.74, 6) is -0.689. The zero-order valence-corrected chi connectivity index (χ0v) is 14.2. The van der Waals surface area contributed by atoms with Crippen molar-refractivity contribution in [3.8, 4) is 0 Å². The normalized spacial score (nSPS) is 11.7. The van der Waals surface area contributed by atoms with E-state index in [0.717, 1.165) is 6.07 Å². The highest BCUT2D eigenvalue weighted by Crippen LogP contribution is 2.28. The van der Waals surface area contributed by atoms with Crippen LogP contribution < -0.4 is 0 Å². The summed E-state index contributed by atoms with van der Waals surface area (Å²) in [6.07, 6.45) is 0.0329. The van der Waals surface area contributed by atoms with Crippen LogP contribution in [0.25, 0.3) is 0 Å². The molecule has 0 amide bonds. The number of carbonyl (C=O) groups excluding carboxylic acids is 1. The molecule has 0 heterocycles. The molecule has 0 aliphatic carbocycles. The maximum Gasteiger partial charge on any atom is 0.338 e. The molecular formula is C13H16Cl2O5S. The first-order chi connectivity index (χ1) is 9.62. The van der Waals surface area contributed by atoms with Gasteiger partial charge < -0.3 is 9.47 Å². The largest absolute Gasteiger partial charge is 0.460 e. The molecule has 0 atom stereocenters. The van der Waals surface area contributed by atoms with Gasteiger partial charge in [0.15, 0.2) is 0 Å². The van der Waals surface area contributed by atoms with E-state index in [1.165, 1.54) is 13.0 Å². The van der Waals surface area contributed by atoms with Crippen LogP contribution in [0.3, 0.4) is 0 Å². The highest BCUT2D eigenvalue weighted by molar-refractivity contribution is 8.13. The number of hydrogen-bond acceptors (Lipinski definition) is 5. The summed E-state index contributed by atoms with van der Waals surface area (Å²) in [6.45, 7) is 5.54. The number of rotatable bonds is 6. The van der Waals surface area contributed by atoms with Gasteiger partial charge in [-0.05, 0) is 38.5 Å². The highest BCUT2D eigenvalue weighted by atomic mass is 35.7. The number of ether oxygens (including phenoxy) is 2. The Morgan fingerprint density at radius 2 is 1.90 bits per heavy atom. The van der Waals surface area contributed by atoms with Crippen molar-refractivity contribution in [1.82, 2.24) is 0 Å². The maximum atomic E-state index is 11.9. The van der Waals surface area contributed by atoms with Gasteiger partial charge in [-0.15, -0.1) is 0 Å². The Kier molecular flexibility index (Phi) is 6.46. The van der Waals surface area contributed by atoms with Crippen molar-refractivity contribution in [3.63, 3.8) is 0 Å². The summed E-state index contributed by atoms with van der Waals surface area (Å²) in [5.41, 5.74) is 0.306. The average molecular weight is 355 g/mol. The van der Waals surface area contributed by atoms with E-state index in [4.69, 9.17) is 31.8 Å². The summed E-state index contributed by atoms with van der Waals surface area (Å²) >= 11 is 5.92. The Morgan fingerprint density at radius 1 is 1.29 bits per heavy atom. The third-order valence-electron chi connectivity index (χ3n) is 2.56. The lowest BCUT2D eigenvalue weighted by molar-refractivity contribution is 0.0177. The highest BCUT2D eigenvalue weighted by Gasteiger charge is 2.20. The predicted molar refractivity (Wildman–Crippen MR) is 80.6 cm³/mol. The molecule has 0 unspecified atom stereocenters. The Balaban J connectivity index is 2.89. The summed E-state index contributed by atoms with van der Waals surface area (Å²) < 4.78 is 33.1. The third kappa shape index (κ3) is 5.47. The number of hydrogen-bond donors (Lipinski definition) is 0. The third-order valence-corrected chi connectivity index (χ3v) is 4.40. The van der Waals surface area contributed by atoms with Gasteiger partial charge in [0.1, 0.15) is 6.61 Å². The van der Waals surface area contributed by atoms with Crippen LogP contribution in [0, 0.1) is 6.92 Å². The van der Waals surface area contributed by atoms with Crippen LogP contribution in [0.5, 0.6) is 0 Å². The minimum absolute atomic E-state index is 0.0226. The topological polar surface area (TPSA) is 69.7 Å². The van der Waals surface area contributed by atoms with Gasteiger partial charge in [0.05, 0.1) is 23.2 Å². The van der Waals surface area contributed by atoms with E-state index < -0.39 is 15.0 Å². The minimum Gasteiger partial charge on any atom is -0.460 e. The first kappa shape index (κ1) is 18.2. The second kappa shape index (κ2) is 7.45. The Bertz CT molecular complexity index is 626. The number of halogens is 2. The molecule has 0 radical (unpaired) electrons. The molecule has 0 saturated carbocycles. The van der Waals surface area contributed by atoms with Crippen molar-refractivity contribution >= 4 is 37.3 Å². The predicted octanol–water partition coefficient (Wildman–Crippen LogP) is 3.16. The molecule has 8 heteroatoms. The molecule has 0 aliphatic heterocycles. The monoisotopic (exact) mass is 354 g/mol. The van der Waals surface area contributed by atoms with Gasteiger partial charge in [0.25, 0.3) is 9.05 Å². The SMILES string of the molecule is Cc1c(Cl)cc(C(=O)OCCOC(C)C)cc1S(=O)(=O)Cl. The molecule has 0 saturated heterocycles. The molecule has 1 aromatic rings. The average Bonchev–Trinajstić information content (AvgIpc) is 2.35. The Morgan fingerprint density at radius 3 is 2.43 bits per heavy atom. The van der Waals surface area contributed by atoms with E-state index in [-0.39, 0.29) is 40.4 Å². The van der Waals surface area contributed by atoms with Gasteiger partial charge in [-0.25, -0.2) is 13.2 Å². The molecule has 5 nitrogen and oxygen atoms in total. The van der Waals surface area contributed by atoms with E-state index in [1.54, 1.807) is 0 Å². The van der Waals surface area contributed by atoms with Crippen LogP contribution in [0.4, 0.5) is 0 Å². The lowest BCUT2D eigenvalue weighted by Gasteiger charge is -2.10. The molecule has 0 aromatic heterocycles. The summed E-state index contributed by atoms with van der Waals surface area (Å²) in [4.78, 5) is 11.7. The van der Waals surface area contributed by atoms with E-state index in [1.807, 2.05) is 13.8 Å². The molecule has 0 spiro atoms. The van der Waals surface area contributed by atoms with Crippen molar-refractivity contribution in [3.05, 3.63) is 28.3 Å². The van der Waals surface area contributed by atoms with Crippen LogP contribution in [-0.2, 0) is 18.5 Å². The van der Waals surface area contributed by atoms with Crippen molar-refractivity contribution in [2.75, 3.05) is 13.2 Å². The molecule has 1 aromatic carbocycles. The standard InChI is InChI=1S/C13H16Cl2O5S/c1-8(2)19-4-5-20-13(16)10-6-11(14)9(3)12(7-10)21(15,17)18/h6-8H,4-5H2,1-3H3. The van der Waals surface area contributed by atoms with Gasteiger partial charge in [0.2, 0.25) is 0 Å². The lowest BCUT2D eigenvalue weighted by Crippen LogP contribution is -2.14. The summed E-state index contributed by atoms with van der Waals surface area (Å²) in [7, 11) is 1.32. The summed E-state index contributed by atoms with van der Waals surface area (Å²) in [6, 6.07) is 2.49. The van der Waals surface area contributed by atoms with Gasteiger partial charge in [-0.1, -0.05) is 11.6 Å². The fraction of sp³-hybridized carbons (Fsp3) is 0.462. The maximum absolute atomic E-state index is 11.9. The molecule has 118 valence electrons. The summed E-state index contributed by atoms with van der Waals surface area (Å²) in [5, 5.41) is 0.127. The quantitative estimate of drug-likeness (QED) is 0.445. The van der Waals surface area contributed by atoms with E-state index in [2.05, 4.69) is 0 Å². The van der Waals surface area contributed by atoms with Gasteiger partial charge in [-0.2, -0.15) is 0 Å².